The molecule has 0 atom stereocenters. The summed E-state index contributed by atoms with van der Waals surface area (Å²) >= 11 is 0. The summed E-state index contributed by atoms with van der Waals surface area (Å²) in [6, 6.07) is 9.89. The van der Waals surface area contributed by atoms with E-state index < -0.39 is 5.91 Å². The molecule has 27 heavy (non-hydrogen) atoms. The van der Waals surface area contributed by atoms with Crippen LogP contribution in [0.2, 0.25) is 0 Å². The quantitative estimate of drug-likeness (QED) is 0.901. The average molecular weight is 364 g/mol. The Hall–Kier alpha value is -2.73. The number of rotatable bonds is 4. The van der Waals surface area contributed by atoms with Crippen LogP contribution in [-0.4, -0.2) is 45.7 Å². The third-order valence-corrected chi connectivity index (χ3v) is 5.55. The van der Waals surface area contributed by atoms with Gasteiger partial charge < -0.3 is 10.6 Å². The highest BCUT2D eigenvalue weighted by molar-refractivity contribution is 6.09. The summed E-state index contributed by atoms with van der Waals surface area (Å²) in [4.78, 5) is 33.5. The SMILES string of the molecule is Cc1cc2c(c(C(N)=O)c1)C(=O)N(C1CCN(Cc3ccccn3)CC1)C2. The summed E-state index contributed by atoms with van der Waals surface area (Å²) in [7, 11) is 0. The summed E-state index contributed by atoms with van der Waals surface area (Å²) in [5.74, 6) is -0.586. The van der Waals surface area contributed by atoms with E-state index in [9.17, 15) is 9.59 Å². The molecule has 2 aliphatic heterocycles. The molecule has 2 amide bonds. The van der Waals surface area contributed by atoms with E-state index in [1.54, 1.807) is 6.07 Å². The normalized spacial score (nSPS) is 18.0. The molecule has 0 unspecified atom stereocenters. The number of nitrogens with two attached hydrogens (primary N) is 1. The monoisotopic (exact) mass is 364 g/mol. The minimum Gasteiger partial charge on any atom is -0.366 e. The van der Waals surface area contributed by atoms with E-state index in [2.05, 4.69) is 9.88 Å². The van der Waals surface area contributed by atoms with Gasteiger partial charge in [0.25, 0.3) is 5.91 Å². The second-order valence-corrected chi connectivity index (χ2v) is 7.47. The number of aromatic nitrogens is 1. The Morgan fingerprint density at radius 3 is 2.70 bits per heavy atom. The lowest BCUT2D eigenvalue weighted by molar-refractivity contribution is 0.0587. The lowest BCUT2D eigenvalue weighted by Crippen LogP contribution is -2.44. The van der Waals surface area contributed by atoms with Crippen molar-refractivity contribution in [3.05, 3.63) is 64.5 Å². The highest BCUT2D eigenvalue weighted by Gasteiger charge is 2.37. The zero-order chi connectivity index (χ0) is 19.0. The number of carbonyl (C=O) groups is 2. The Labute approximate surface area is 159 Å². The summed E-state index contributed by atoms with van der Waals surface area (Å²) in [5.41, 5.74) is 9.32. The maximum Gasteiger partial charge on any atom is 0.255 e. The molecule has 1 fully saturated rings. The van der Waals surface area contributed by atoms with Crippen molar-refractivity contribution >= 4 is 11.8 Å². The van der Waals surface area contributed by atoms with E-state index in [1.807, 2.05) is 42.3 Å². The molecule has 6 nitrogen and oxygen atoms in total. The summed E-state index contributed by atoms with van der Waals surface area (Å²) in [5, 5.41) is 0. The number of hydrogen-bond acceptors (Lipinski definition) is 4. The van der Waals surface area contributed by atoms with Crippen LogP contribution < -0.4 is 5.73 Å². The number of pyridine rings is 1. The van der Waals surface area contributed by atoms with E-state index in [0.29, 0.717) is 17.7 Å². The smallest absolute Gasteiger partial charge is 0.255 e. The van der Waals surface area contributed by atoms with Gasteiger partial charge in [0.1, 0.15) is 0 Å². The Bertz CT molecular complexity index is 873. The molecule has 0 radical (unpaired) electrons. The van der Waals surface area contributed by atoms with Gasteiger partial charge in [-0.3, -0.25) is 19.5 Å². The molecule has 2 aliphatic rings. The van der Waals surface area contributed by atoms with Gasteiger partial charge in [0.15, 0.2) is 0 Å². The molecule has 4 rings (SSSR count). The van der Waals surface area contributed by atoms with Gasteiger partial charge in [-0.15, -0.1) is 0 Å². The van der Waals surface area contributed by atoms with Crippen molar-refractivity contribution in [3.63, 3.8) is 0 Å². The van der Waals surface area contributed by atoms with Gasteiger partial charge in [0.05, 0.1) is 16.8 Å². The topological polar surface area (TPSA) is 79.5 Å². The summed E-state index contributed by atoms with van der Waals surface area (Å²) < 4.78 is 0. The van der Waals surface area contributed by atoms with Crippen molar-refractivity contribution < 1.29 is 9.59 Å². The number of primary amides is 1. The van der Waals surface area contributed by atoms with Crippen molar-refractivity contribution in [2.45, 2.75) is 38.9 Å². The lowest BCUT2D eigenvalue weighted by Gasteiger charge is -2.36. The van der Waals surface area contributed by atoms with Crippen LogP contribution in [-0.2, 0) is 13.1 Å². The number of amides is 2. The fraction of sp³-hybridized carbons (Fsp3) is 0.381. The van der Waals surface area contributed by atoms with Crippen LogP contribution in [0.1, 0.15) is 50.4 Å². The first-order valence-electron chi connectivity index (χ1n) is 9.39. The van der Waals surface area contributed by atoms with Gasteiger partial charge in [-0.1, -0.05) is 12.1 Å². The number of carbonyl (C=O) groups excluding carboxylic acids is 2. The molecule has 3 heterocycles. The Morgan fingerprint density at radius 2 is 2.04 bits per heavy atom. The van der Waals surface area contributed by atoms with Gasteiger partial charge in [-0.2, -0.15) is 0 Å². The third-order valence-electron chi connectivity index (χ3n) is 5.55. The van der Waals surface area contributed by atoms with Crippen LogP contribution in [0.15, 0.2) is 36.5 Å². The number of piperidine rings is 1. The van der Waals surface area contributed by atoms with Crippen LogP contribution in [0.25, 0.3) is 0 Å². The molecule has 1 saturated heterocycles. The fourth-order valence-corrected chi connectivity index (χ4v) is 4.24. The molecule has 0 bridgehead atoms. The van der Waals surface area contributed by atoms with Crippen LogP contribution in [0, 0.1) is 6.92 Å². The van der Waals surface area contributed by atoms with Crippen molar-refractivity contribution in [2.24, 2.45) is 5.73 Å². The van der Waals surface area contributed by atoms with Gasteiger partial charge in [0.2, 0.25) is 5.91 Å². The van der Waals surface area contributed by atoms with E-state index in [4.69, 9.17) is 5.73 Å². The first-order chi connectivity index (χ1) is 13.0. The molecule has 1 aromatic carbocycles. The third kappa shape index (κ3) is 3.45. The number of likely N-dealkylation sites (tertiary alicyclic amines) is 1. The van der Waals surface area contributed by atoms with Crippen molar-refractivity contribution in [1.82, 2.24) is 14.8 Å². The molecule has 2 N–H and O–H groups in total. The maximum atomic E-state index is 13.0. The molecule has 0 spiro atoms. The van der Waals surface area contributed by atoms with E-state index in [0.717, 1.165) is 49.3 Å². The first kappa shape index (κ1) is 17.7. The fourth-order valence-electron chi connectivity index (χ4n) is 4.24. The van der Waals surface area contributed by atoms with Crippen LogP contribution in [0.3, 0.4) is 0 Å². The predicted molar refractivity (Wildman–Crippen MR) is 102 cm³/mol. The Morgan fingerprint density at radius 1 is 1.26 bits per heavy atom. The Balaban J connectivity index is 1.44. The molecule has 140 valence electrons. The number of benzene rings is 1. The van der Waals surface area contributed by atoms with Gasteiger partial charge in [-0.25, -0.2) is 0 Å². The molecule has 1 aromatic heterocycles. The van der Waals surface area contributed by atoms with Crippen LogP contribution in [0.4, 0.5) is 0 Å². The molecule has 0 aliphatic carbocycles. The number of fused-ring (bicyclic) bond motifs is 1. The van der Waals surface area contributed by atoms with E-state index in [1.165, 1.54) is 0 Å². The van der Waals surface area contributed by atoms with E-state index >= 15 is 0 Å². The Kier molecular flexibility index (Phi) is 4.66. The number of nitrogens with zero attached hydrogens (tertiary/aromatic N) is 3. The zero-order valence-electron chi connectivity index (χ0n) is 15.5. The average Bonchev–Trinajstić information content (AvgIpc) is 2.99. The predicted octanol–water partition coefficient (Wildman–Crippen LogP) is 2.11. The largest absolute Gasteiger partial charge is 0.366 e. The zero-order valence-corrected chi connectivity index (χ0v) is 15.5. The minimum atomic E-state index is -0.532. The van der Waals surface area contributed by atoms with Crippen molar-refractivity contribution in [3.8, 4) is 0 Å². The number of hydrogen-bond donors (Lipinski definition) is 1. The van der Waals surface area contributed by atoms with Gasteiger partial charge in [0, 0.05) is 38.4 Å². The molecule has 0 saturated carbocycles. The summed E-state index contributed by atoms with van der Waals surface area (Å²) in [6.45, 7) is 5.20. The second-order valence-electron chi connectivity index (χ2n) is 7.47. The van der Waals surface area contributed by atoms with E-state index in [-0.39, 0.29) is 11.9 Å². The minimum absolute atomic E-state index is 0.0537. The van der Waals surface area contributed by atoms with Crippen molar-refractivity contribution in [1.29, 1.82) is 0 Å². The molecular formula is C21H24N4O2. The van der Waals surface area contributed by atoms with Crippen molar-refractivity contribution in [2.75, 3.05) is 13.1 Å². The van der Waals surface area contributed by atoms with Crippen LogP contribution >= 0.6 is 0 Å². The van der Waals surface area contributed by atoms with Gasteiger partial charge in [-0.05, 0) is 49.1 Å². The second kappa shape index (κ2) is 7.12. The number of aryl methyl sites for hydroxylation is 1. The molecule has 2 aromatic rings. The van der Waals surface area contributed by atoms with Gasteiger partial charge >= 0.3 is 0 Å². The maximum absolute atomic E-state index is 13.0. The first-order valence-corrected chi connectivity index (χ1v) is 9.39. The highest BCUT2D eigenvalue weighted by atomic mass is 16.2. The molecular weight excluding hydrogens is 340 g/mol. The highest BCUT2D eigenvalue weighted by Crippen LogP contribution is 2.31. The standard InChI is InChI=1S/C21H24N4O2/c1-14-10-15-12-25(21(27)19(15)18(11-14)20(22)26)17-5-8-24(9-6-17)13-16-4-2-3-7-23-16/h2-4,7,10-11,17H,5-6,8-9,12-13H2,1H3,(H2,22,26). The summed E-state index contributed by atoms with van der Waals surface area (Å²) in [6.07, 6.45) is 3.68. The lowest BCUT2D eigenvalue weighted by atomic mass is 9.99. The molecule has 6 heteroatoms. The van der Waals surface area contributed by atoms with Crippen LogP contribution in [0.5, 0.6) is 0 Å².